The average molecular weight is 448 g/mol. The maximum atomic E-state index is 4.01. The highest BCUT2D eigenvalue weighted by atomic mass is 15.4. The summed E-state index contributed by atoms with van der Waals surface area (Å²) >= 11 is 0. The zero-order valence-corrected chi connectivity index (χ0v) is 22.2. The van der Waals surface area contributed by atoms with Gasteiger partial charge in [-0.05, 0) is 75.6 Å². The van der Waals surface area contributed by atoms with Crippen LogP contribution in [0.3, 0.4) is 0 Å². The molecule has 0 spiro atoms. The second-order valence-electron chi connectivity index (χ2n) is 10.9. The molecule has 1 N–H and O–H groups in total. The number of hydrogen-bond donors (Lipinski definition) is 1. The third kappa shape index (κ3) is 5.46. The molecule has 1 aromatic rings. The van der Waals surface area contributed by atoms with Crippen LogP contribution in [0.1, 0.15) is 79.7 Å². The number of likely N-dealkylation sites (N-methyl/N-ethyl adjacent to an activating group) is 1. The first-order chi connectivity index (χ1) is 15.6. The Balaban J connectivity index is 2.07. The molecule has 0 radical (unpaired) electrons. The first-order valence-electron chi connectivity index (χ1n) is 12.7. The Labute approximate surface area is 202 Å². The van der Waals surface area contributed by atoms with Crippen molar-refractivity contribution in [2.75, 3.05) is 11.9 Å². The third-order valence-electron chi connectivity index (χ3n) is 6.99. The molecule has 0 bridgehead atoms. The Kier molecular flexibility index (Phi) is 7.95. The fourth-order valence-electron chi connectivity index (χ4n) is 5.29. The van der Waals surface area contributed by atoms with E-state index in [9.17, 15) is 0 Å². The number of hydrogen-bond acceptors (Lipinski definition) is 3. The molecule has 3 atom stereocenters. The van der Waals surface area contributed by atoms with Gasteiger partial charge in [0.15, 0.2) is 0 Å². The quantitative estimate of drug-likeness (QED) is 0.422. The van der Waals surface area contributed by atoms with Gasteiger partial charge >= 0.3 is 0 Å². The maximum absolute atomic E-state index is 4.01. The van der Waals surface area contributed by atoms with Crippen molar-refractivity contribution < 1.29 is 0 Å². The van der Waals surface area contributed by atoms with Crippen molar-refractivity contribution in [3.8, 4) is 0 Å². The molecule has 0 fully saturated rings. The molecule has 1 aromatic carbocycles. The van der Waals surface area contributed by atoms with Crippen LogP contribution in [0, 0.1) is 0 Å². The Hall–Kier alpha value is -2.26. The van der Waals surface area contributed by atoms with Crippen LogP contribution in [-0.4, -0.2) is 29.7 Å². The largest absolute Gasteiger partial charge is 0.354 e. The minimum Gasteiger partial charge on any atom is -0.354 e. The molecule has 1 aliphatic heterocycles. The summed E-state index contributed by atoms with van der Waals surface area (Å²) in [5.74, 6) is 0. The van der Waals surface area contributed by atoms with Crippen LogP contribution >= 0.6 is 0 Å². The van der Waals surface area contributed by atoms with E-state index in [1.807, 2.05) is 0 Å². The van der Waals surface area contributed by atoms with Gasteiger partial charge < -0.3 is 15.1 Å². The average Bonchev–Trinajstić information content (AvgIpc) is 3.09. The molecule has 180 valence electrons. The van der Waals surface area contributed by atoms with Crippen LogP contribution in [0.5, 0.6) is 0 Å². The highest BCUT2D eigenvalue weighted by Crippen LogP contribution is 2.43. The summed E-state index contributed by atoms with van der Waals surface area (Å²) < 4.78 is 0. The Bertz CT molecular complexity index is 913. The van der Waals surface area contributed by atoms with E-state index in [1.54, 1.807) is 0 Å². The van der Waals surface area contributed by atoms with Gasteiger partial charge in [0, 0.05) is 24.5 Å². The standard InChI is InChI=1S/C30H45N3/c1-9-11-15-23(3)31-30(7,22-12-10-2)28-32(8)26-16-13-14-17-27(26)33(28)25-20-18-24(19-21-25)29(4,5)6/h10-12,14-15,17-21,23,28,31H,9,13,16,22H2,1-8H3/b12-10-,15-11-. The van der Waals surface area contributed by atoms with Crippen molar-refractivity contribution in [3.05, 3.63) is 77.7 Å². The zero-order valence-electron chi connectivity index (χ0n) is 22.2. The lowest BCUT2D eigenvalue weighted by molar-refractivity contribution is 0.170. The van der Waals surface area contributed by atoms with Gasteiger partial charge in [-0.3, -0.25) is 0 Å². The van der Waals surface area contributed by atoms with Crippen molar-refractivity contribution in [2.24, 2.45) is 0 Å². The van der Waals surface area contributed by atoms with Crippen molar-refractivity contribution in [1.29, 1.82) is 0 Å². The molecule has 0 saturated heterocycles. The molecule has 3 unspecified atom stereocenters. The lowest BCUT2D eigenvalue weighted by Crippen LogP contribution is -2.63. The summed E-state index contributed by atoms with van der Waals surface area (Å²) in [4.78, 5) is 5.10. The second kappa shape index (κ2) is 10.3. The Morgan fingerprint density at radius 2 is 1.82 bits per heavy atom. The summed E-state index contributed by atoms with van der Waals surface area (Å²) in [5, 5.41) is 4.01. The number of anilines is 1. The van der Waals surface area contributed by atoms with Gasteiger partial charge in [0.05, 0.1) is 11.2 Å². The highest BCUT2D eigenvalue weighted by Gasteiger charge is 2.47. The molecular weight excluding hydrogens is 402 g/mol. The summed E-state index contributed by atoms with van der Waals surface area (Å²) in [5.41, 5.74) is 5.44. The molecular formula is C30H45N3. The third-order valence-corrected chi connectivity index (χ3v) is 6.99. The predicted molar refractivity (Wildman–Crippen MR) is 144 cm³/mol. The fraction of sp³-hybridized carbons (Fsp3) is 0.533. The highest BCUT2D eigenvalue weighted by molar-refractivity contribution is 5.62. The Morgan fingerprint density at radius 3 is 2.42 bits per heavy atom. The van der Waals surface area contributed by atoms with Crippen molar-refractivity contribution in [1.82, 2.24) is 10.2 Å². The van der Waals surface area contributed by atoms with Gasteiger partial charge in [-0.1, -0.05) is 70.2 Å². The van der Waals surface area contributed by atoms with Gasteiger partial charge in [0.25, 0.3) is 0 Å². The molecule has 2 aliphatic rings. The molecule has 0 saturated carbocycles. The van der Waals surface area contributed by atoms with Crippen molar-refractivity contribution >= 4 is 5.69 Å². The van der Waals surface area contributed by atoms with Gasteiger partial charge in [-0.15, -0.1) is 0 Å². The van der Waals surface area contributed by atoms with Gasteiger partial charge in [-0.2, -0.15) is 0 Å². The normalized spacial score (nSPS) is 21.9. The zero-order chi connectivity index (χ0) is 24.2. The molecule has 33 heavy (non-hydrogen) atoms. The topological polar surface area (TPSA) is 18.5 Å². The lowest BCUT2D eigenvalue weighted by atomic mass is 9.86. The number of allylic oxidation sites excluding steroid dienone is 5. The van der Waals surface area contributed by atoms with E-state index in [-0.39, 0.29) is 17.1 Å². The van der Waals surface area contributed by atoms with E-state index in [0.717, 1.165) is 25.7 Å². The summed E-state index contributed by atoms with van der Waals surface area (Å²) in [7, 11) is 2.28. The minimum absolute atomic E-state index is 0.146. The molecule has 0 aromatic heterocycles. The van der Waals surface area contributed by atoms with Crippen LogP contribution in [-0.2, 0) is 5.41 Å². The molecule has 3 heteroatoms. The predicted octanol–water partition coefficient (Wildman–Crippen LogP) is 7.29. The summed E-state index contributed by atoms with van der Waals surface area (Å²) in [6.45, 7) is 15.8. The van der Waals surface area contributed by atoms with E-state index in [0.29, 0.717) is 6.04 Å². The van der Waals surface area contributed by atoms with Gasteiger partial charge in [0.2, 0.25) is 0 Å². The number of benzene rings is 1. The maximum Gasteiger partial charge on any atom is 0.124 e. The van der Waals surface area contributed by atoms with E-state index in [1.165, 1.54) is 22.6 Å². The first kappa shape index (κ1) is 25.4. The van der Waals surface area contributed by atoms with Crippen molar-refractivity contribution in [2.45, 2.75) is 97.3 Å². The van der Waals surface area contributed by atoms with Gasteiger partial charge in [-0.25, -0.2) is 0 Å². The smallest absolute Gasteiger partial charge is 0.124 e. The van der Waals surface area contributed by atoms with E-state index >= 15 is 0 Å². The van der Waals surface area contributed by atoms with Crippen LogP contribution in [0.2, 0.25) is 0 Å². The molecule has 3 rings (SSSR count). The van der Waals surface area contributed by atoms with Crippen LogP contribution in [0.4, 0.5) is 5.69 Å². The second-order valence-corrected chi connectivity index (χ2v) is 10.9. The van der Waals surface area contributed by atoms with E-state index in [2.05, 4.69) is 131 Å². The van der Waals surface area contributed by atoms with E-state index < -0.39 is 0 Å². The van der Waals surface area contributed by atoms with Crippen molar-refractivity contribution in [3.63, 3.8) is 0 Å². The number of nitrogens with one attached hydrogen (secondary N) is 1. The van der Waals surface area contributed by atoms with Crippen LogP contribution < -0.4 is 10.2 Å². The molecule has 3 nitrogen and oxygen atoms in total. The van der Waals surface area contributed by atoms with Crippen LogP contribution in [0.25, 0.3) is 0 Å². The number of rotatable bonds is 8. The van der Waals surface area contributed by atoms with Gasteiger partial charge in [0.1, 0.15) is 6.17 Å². The first-order valence-corrected chi connectivity index (χ1v) is 12.7. The monoisotopic (exact) mass is 447 g/mol. The SMILES string of the molecule is C/C=C\CC(C)(NC(C)/C=C\CC)C1N(C)C2=C(C=CCC2)N1c1ccc(C(C)(C)C)cc1. The van der Waals surface area contributed by atoms with E-state index in [4.69, 9.17) is 0 Å². The fourth-order valence-corrected chi connectivity index (χ4v) is 5.29. The summed E-state index contributed by atoms with van der Waals surface area (Å²) in [6.07, 6.45) is 18.1. The molecule has 0 amide bonds. The Morgan fingerprint density at radius 1 is 1.12 bits per heavy atom. The molecule has 1 heterocycles. The van der Waals surface area contributed by atoms with Crippen LogP contribution in [0.15, 0.2) is 72.1 Å². The minimum atomic E-state index is -0.146. The summed E-state index contributed by atoms with van der Waals surface area (Å²) in [6, 6.07) is 9.54. The molecule has 1 aliphatic carbocycles. The number of nitrogens with zero attached hydrogens (tertiary/aromatic N) is 2. The lowest BCUT2D eigenvalue weighted by Gasteiger charge is -2.46.